The van der Waals surface area contributed by atoms with Gasteiger partial charge in [-0.05, 0) is 247 Å². The smallest absolute Gasteiger partial charge is 0.206 e. The molecule has 0 N–H and O–H groups in total. The number of ether oxygens (including phenoxy) is 6. The molecule has 25 rings (SSSR count). The molecule has 0 spiro atoms. The van der Waals surface area contributed by atoms with Crippen molar-refractivity contribution in [3.63, 3.8) is 0 Å². The Morgan fingerprint density at radius 2 is 0.279 bits per heavy atom. The van der Waals surface area contributed by atoms with Crippen LogP contribution in [-0.4, -0.2) is 25.3 Å². The van der Waals surface area contributed by atoms with Gasteiger partial charge in [0, 0.05) is 33.4 Å². The number of benzene rings is 18. The van der Waals surface area contributed by atoms with E-state index >= 15 is 0 Å². The summed E-state index contributed by atoms with van der Waals surface area (Å²) in [7, 11) is -12.3. The number of hydrogen-bond donors (Lipinski definition) is 0. The first-order valence-corrected chi connectivity index (χ1v) is 40.2. The van der Waals surface area contributed by atoms with Crippen LogP contribution in [0.1, 0.15) is 0 Å². The molecule has 0 saturated heterocycles. The summed E-state index contributed by atoms with van der Waals surface area (Å²) < 4.78 is 129. The second kappa shape index (κ2) is 27.4. The predicted molar refractivity (Wildman–Crippen MR) is 436 cm³/mol. The van der Waals surface area contributed by atoms with E-state index in [0.717, 1.165) is 64.6 Å². The van der Waals surface area contributed by atoms with Gasteiger partial charge in [0.05, 0.1) is 29.4 Å². The van der Waals surface area contributed by atoms with Crippen LogP contribution in [0.25, 0.3) is 98.0 Å². The summed E-state index contributed by atoms with van der Waals surface area (Å²) in [6, 6.07) is 109. The quantitative estimate of drug-likeness (QED) is 0.142. The van der Waals surface area contributed by atoms with E-state index in [4.69, 9.17) is 28.4 Å². The van der Waals surface area contributed by atoms with Gasteiger partial charge in [0.1, 0.15) is 69.0 Å². The highest BCUT2D eigenvalue weighted by Crippen LogP contribution is 2.52. The molecule has 111 heavy (non-hydrogen) atoms. The zero-order chi connectivity index (χ0) is 75.0. The molecule has 534 valence electrons. The molecular formula is C96H60O12S3. The highest BCUT2D eigenvalue weighted by Gasteiger charge is 2.28. The molecule has 15 heteroatoms. The summed E-state index contributed by atoms with van der Waals surface area (Å²) in [5.74, 6) is 5.04. The fourth-order valence-corrected chi connectivity index (χ4v) is 18.6. The van der Waals surface area contributed by atoms with Crippen molar-refractivity contribution in [2.24, 2.45) is 0 Å². The number of sulfone groups is 3. The zero-order valence-electron chi connectivity index (χ0n) is 58.8. The van der Waals surface area contributed by atoms with Crippen molar-refractivity contribution in [3.8, 4) is 102 Å². The number of rotatable bonds is 0. The maximum atomic E-state index is 14.6. The average Bonchev–Trinajstić information content (AvgIpc) is 0.753. The Morgan fingerprint density at radius 1 is 0.144 bits per heavy atom. The molecular weight excluding hydrogens is 1440 g/mol. The Morgan fingerprint density at radius 3 is 0.423 bits per heavy atom. The van der Waals surface area contributed by atoms with Crippen LogP contribution < -0.4 is 28.4 Å². The van der Waals surface area contributed by atoms with E-state index in [1.54, 1.807) is 72.8 Å². The average molecular weight is 1500 g/mol. The molecule has 0 fully saturated rings. The van der Waals surface area contributed by atoms with Gasteiger partial charge in [-0.1, -0.05) is 182 Å². The molecule has 12 bridgehead atoms. The van der Waals surface area contributed by atoms with Crippen molar-refractivity contribution in [2.45, 2.75) is 29.4 Å². The molecule has 18 aromatic rings. The van der Waals surface area contributed by atoms with E-state index in [2.05, 4.69) is 0 Å². The van der Waals surface area contributed by atoms with Crippen LogP contribution in [0.3, 0.4) is 0 Å². The van der Waals surface area contributed by atoms with E-state index in [-0.39, 0.29) is 29.4 Å². The molecule has 0 atom stereocenters. The van der Waals surface area contributed by atoms with Gasteiger partial charge in [0.2, 0.25) is 29.5 Å². The standard InChI is InChI=1S/C96H60O12S3/c97-109(98)73-43-31-67(32-44-73)103-85-55-25-61-13-1-7-19-79(61)91(85)92-80-20-8-2-14-62(80)26-56-86(92)104-68-33-45-74(46-34-68)110(99,100)76-49-37-70(38-50-76)106-88-58-28-64-16-4-10-22-82(64)94(88)96-84-24-12-6-18-66(84)30-60-90(96)108-72-41-53-78(54-42-72)111(101,102)77-51-39-71(40-52-77)107-89-59-29-65-17-5-11-23-83(65)95(89)93-81-21-9-3-15-63(81)27-57-87(93)105-69-35-47-75(109)48-36-69/h1-60H. The Hall–Kier alpha value is -13.8. The van der Waals surface area contributed by atoms with Crippen LogP contribution in [0.15, 0.2) is 393 Å². The zero-order valence-corrected chi connectivity index (χ0v) is 61.2. The minimum atomic E-state index is -4.10. The minimum absolute atomic E-state index is 0.0399. The highest BCUT2D eigenvalue weighted by atomic mass is 32.2. The van der Waals surface area contributed by atoms with Crippen LogP contribution >= 0.6 is 0 Å². The normalized spacial score (nSPS) is 13.7. The van der Waals surface area contributed by atoms with E-state index < -0.39 is 29.5 Å². The van der Waals surface area contributed by atoms with Gasteiger partial charge < -0.3 is 28.4 Å². The van der Waals surface area contributed by atoms with E-state index in [0.29, 0.717) is 102 Å². The van der Waals surface area contributed by atoms with Gasteiger partial charge in [-0.2, -0.15) is 0 Å². The summed E-state index contributed by atoms with van der Waals surface area (Å²) in [4.78, 5) is 0.239. The number of fused-ring (bicyclic) bond motifs is 12. The molecule has 18 aromatic carbocycles. The first-order valence-electron chi connectivity index (χ1n) is 35.8. The Balaban J connectivity index is 0.723. The first kappa shape index (κ1) is 67.8. The monoisotopic (exact) mass is 1500 g/mol. The lowest BCUT2D eigenvalue weighted by atomic mass is 9.92. The van der Waals surface area contributed by atoms with Crippen LogP contribution in [-0.2, 0) is 29.5 Å². The second-order valence-electron chi connectivity index (χ2n) is 26.9. The molecule has 12 nitrogen and oxygen atoms in total. The summed E-state index contributed by atoms with van der Waals surface area (Å²) in [6.45, 7) is 0. The highest BCUT2D eigenvalue weighted by molar-refractivity contribution is 7.92. The van der Waals surface area contributed by atoms with E-state index in [1.165, 1.54) is 72.8 Å². The van der Waals surface area contributed by atoms with Gasteiger partial charge >= 0.3 is 0 Å². The molecule has 0 unspecified atom stereocenters. The molecule has 0 amide bonds. The fourth-order valence-electron chi connectivity index (χ4n) is 14.9. The lowest BCUT2D eigenvalue weighted by molar-refractivity contribution is 0.477. The maximum absolute atomic E-state index is 14.6. The summed E-state index contributed by atoms with van der Waals surface area (Å²) in [6.07, 6.45) is 0. The summed E-state index contributed by atoms with van der Waals surface area (Å²) >= 11 is 0. The molecule has 0 aliphatic carbocycles. The third kappa shape index (κ3) is 12.4. The maximum Gasteiger partial charge on any atom is 0.206 e. The van der Waals surface area contributed by atoms with Crippen LogP contribution in [0.4, 0.5) is 0 Å². The number of hydrogen-bond acceptors (Lipinski definition) is 12. The van der Waals surface area contributed by atoms with Crippen LogP contribution in [0.2, 0.25) is 0 Å². The molecule has 0 saturated carbocycles. The fraction of sp³-hybridized carbons (Fsp3) is 0. The molecule has 0 aromatic heterocycles. The Bertz CT molecular complexity index is 6040. The van der Waals surface area contributed by atoms with Crippen molar-refractivity contribution in [3.05, 3.63) is 364 Å². The lowest BCUT2D eigenvalue weighted by Crippen LogP contribution is -2.02. The van der Waals surface area contributed by atoms with Gasteiger partial charge in [-0.25, -0.2) is 25.3 Å². The van der Waals surface area contributed by atoms with Gasteiger partial charge in [-0.3, -0.25) is 0 Å². The topological polar surface area (TPSA) is 158 Å². The molecule has 7 aliphatic heterocycles. The largest absolute Gasteiger partial charge is 0.457 e. The molecule has 7 heterocycles. The van der Waals surface area contributed by atoms with Crippen LogP contribution in [0, 0.1) is 0 Å². The Kier molecular flexibility index (Phi) is 16.7. The minimum Gasteiger partial charge on any atom is -0.457 e. The van der Waals surface area contributed by atoms with E-state index in [1.807, 2.05) is 218 Å². The van der Waals surface area contributed by atoms with Crippen molar-refractivity contribution in [2.75, 3.05) is 0 Å². The van der Waals surface area contributed by atoms with Crippen molar-refractivity contribution < 1.29 is 53.7 Å². The second-order valence-corrected chi connectivity index (χ2v) is 32.8. The van der Waals surface area contributed by atoms with E-state index in [9.17, 15) is 25.3 Å². The van der Waals surface area contributed by atoms with Crippen molar-refractivity contribution in [1.82, 2.24) is 0 Å². The van der Waals surface area contributed by atoms with Crippen molar-refractivity contribution >= 4 is 94.1 Å². The molecule has 7 aliphatic rings. The third-order valence-electron chi connectivity index (χ3n) is 20.3. The van der Waals surface area contributed by atoms with Gasteiger partial charge in [-0.15, -0.1) is 0 Å². The summed E-state index contributed by atoms with van der Waals surface area (Å²) in [5, 5.41) is 10.7. The summed E-state index contributed by atoms with van der Waals surface area (Å²) in [5.41, 5.74) is 4.28. The Labute approximate surface area is 639 Å². The van der Waals surface area contributed by atoms with Gasteiger partial charge in [0.25, 0.3) is 0 Å². The molecule has 0 radical (unpaired) electrons. The van der Waals surface area contributed by atoms with Crippen LogP contribution in [0.5, 0.6) is 69.0 Å². The van der Waals surface area contributed by atoms with Gasteiger partial charge in [0.15, 0.2) is 0 Å². The third-order valence-corrected chi connectivity index (χ3v) is 25.6. The SMILES string of the molecule is O=S1(=O)c2ccc(cc2)Oc2ccc3ccccc3c2-c2c(ccc3ccccc23)Oc2ccc(cc2)S(=O)(=O)c2ccc(cc2)Oc2ccc3ccccc3c2-c2c(ccc3ccccc23)Oc2ccc(cc2)S(=O)(=O)c2ccc(cc2)Oc2ccc3ccccc3c2-c2c(ccc3ccccc23)Oc2ccc1cc2. The first-order chi connectivity index (χ1) is 54.2. The predicted octanol–water partition coefficient (Wildman–Crippen LogP) is 25.2. The van der Waals surface area contributed by atoms with Crippen molar-refractivity contribution in [1.29, 1.82) is 0 Å². The lowest BCUT2D eigenvalue weighted by Gasteiger charge is -2.20.